The van der Waals surface area contributed by atoms with Crippen molar-refractivity contribution in [3.63, 3.8) is 0 Å². The summed E-state index contributed by atoms with van der Waals surface area (Å²) in [4.78, 5) is 28.6. The van der Waals surface area contributed by atoms with E-state index in [-0.39, 0.29) is 11.5 Å². The summed E-state index contributed by atoms with van der Waals surface area (Å²) in [5, 5.41) is 8.47. The first-order valence-electron chi connectivity index (χ1n) is 12.7. The third-order valence-electron chi connectivity index (χ3n) is 7.25. The van der Waals surface area contributed by atoms with Crippen molar-refractivity contribution in [2.45, 2.75) is 26.4 Å². The number of pyridine rings is 1. The number of nitrogens with one attached hydrogen (secondary N) is 1. The standard InChI is InChI=1S/C31H28N4O3/c1-20-29(19-38-33-20)23-7-9-28-24(15-23)11-13-35(31(28)37)17-21-4-3-5-25(14-21)30(36)32-27-8-6-22-10-12-34(2)18-26(22)16-27/h3-9,11,13-16,19H,10,12,17-18H2,1-2H3,(H,32,36). The summed E-state index contributed by atoms with van der Waals surface area (Å²) in [7, 11) is 2.11. The molecule has 0 spiro atoms. The van der Waals surface area contributed by atoms with Crippen molar-refractivity contribution >= 4 is 22.4 Å². The van der Waals surface area contributed by atoms with Gasteiger partial charge in [0.1, 0.15) is 6.26 Å². The monoisotopic (exact) mass is 504 g/mol. The Balaban J connectivity index is 1.21. The molecule has 0 radical (unpaired) electrons. The minimum atomic E-state index is -0.168. The molecule has 7 heteroatoms. The number of amides is 1. The van der Waals surface area contributed by atoms with Gasteiger partial charge in [0.2, 0.25) is 0 Å². The van der Waals surface area contributed by atoms with Crippen LogP contribution in [0, 0.1) is 6.92 Å². The lowest BCUT2D eigenvalue weighted by Crippen LogP contribution is -2.26. The summed E-state index contributed by atoms with van der Waals surface area (Å²) < 4.78 is 6.73. The molecule has 3 aromatic carbocycles. The Morgan fingerprint density at radius 2 is 1.95 bits per heavy atom. The number of aromatic nitrogens is 2. The molecular weight excluding hydrogens is 476 g/mol. The molecular formula is C31H28N4O3. The maximum Gasteiger partial charge on any atom is 0.258 e. The lowest BCUT2D eigenvalue weighted by molar-refractivity contribution is 0.102. The Morgan fingerprint density at radius 3 is 2.79 bits per heavy atom. The van der Waals surface area contributed by atoms with Gasteiger partial charge in [-0.2, -0.15) is 0 Å². The molecule has 1 aliphatic rings. The lowest BCUT2D eigenvalue weighted by Gasteiger charge is -2.25. The van der Waals surface area contributed by atoms with E-state index in [9.17, 15) is 9.59 Å². The van der Waals surface area contributed by atoms with E-state index in [1.165, 1.54) is 11.1 Å². The number of aryl methyl sites for hydroxylation is 1. The smallest absolute Gasteiger partial charge is 0.258 e. The van der Waals surface area contributed by atoms with Crippen LogP contribution in [0.4, 0.5) is 5.69 Å². The topological polar surface area (TPSA) is 80.4 Å². The van der Waals surface area contributed by atoms with Gasteiger partial charge in [-0.15, -0.1) is 0 Å². The average molecular weight is 505 g/mol. The van der Waals surface area contributed by atoms with Gasteiger partial charge in [-0.1, -0.05) is 29.4 Å². The fourth-order valence-electron chi connectivity index (χ4n) is 5.14. The van der Waals surface area contributed by atoms with Crippen LogP contribution < -0.4 is 10.9 Å². The van der Waals surface area contributed by atoms with Crippen molar-refractivity contribution in [2.24, 2.45) is 0 Å². The second kappa shape index (κ2) is 9.76. The van der Waals surface area contributed by atoms with Gasteiger partial charge in [0.15, 0.2) is 0 Å². The Hall–Kier alpha value is -4.49. The van der Waals surface area contributed by atoms with Crippen LogP contribution in [-0.2, 0) is 19.5 Å². The maximum absolute atomic E-state index is 13.2. The highest BCUT2D eigenvalue weighted by molar-refractivity contribution is 6.04. The van der Waals surface area contributed by atoms with Gasteiger partial charge in [-0.05, 0) is 90.5 Å². The quantitative estimate of drug-likeness (QED) is 0.354. The van der Waals surface area contributed by atoms with Crippen molar-refractivity contribution < 1.29 is 9.32 Å². The fourth-order valence-corrected chi connectivity index (χ4v) is 5.14. The predicted octanol–water partition coefficient (Wildman–Crippen LogP) is 5.25. The Bertz CT molecular complexity index is 1730. The highest BCUT2D eigenvalue weighted by Crippen LogP contribution is 2.26. The van der Waals surface area contributed by atoms with Gasteiger partial charge in [0.05, 0.1) is 12.2 Å². The summed E-state index contributed by atoms with van der Waals surface area (Å²) in [6.45, 7) is 4.20. The maximum atomic E-state index is 13.2. The molecule has 1 aliphatic heterocycles. The van der Waals surface area contributed by atoms with Crippen LogP contribution in [-0.4, -0.2) is 34.1 Å². The first-order valence-corrected chi connectivity index (χ1v) is 12.7. The zero-order chi connectivity index (χ0) is 26.2. The molecule has 0 unspecified atom stereocenters. The van der Waals surface area contributed by atoms with E-state index in [2.05, 4.69) is 34.6 Å². The molecule has 1 amide bonds. The van der Waals surface area contributed by atoms with Gasteiger partial charge < -0.3 is 19.3 Å². The minimum absolute atomic E-state index is 0.0787. The van der Waals surface area contributed by atoms with Crippen LogP contribution in [0.25, 0.3) is 21.9 Å². The highest BCUT2D eigenvalue weighted by Gasteiger charge is 2.15. The van der Waals surface area contributed by atoms with Crippen molar-refractivity contribution in [3.8, 4) is 11.1 Å². The van der Waals surface area contributed by atoms with Crippen LogP contribution >= 0.6 is 0 Å². The number of likely N-dealkylation sites (N-methyl/N-ethyl adjacent to an activating group) is 1. The van der Waals surface area contributed by atoms with Crippen molar-refractivity contribution in [1.82, 2.24) is 14.6 Å². The molecule has 0 saturated carbocycles. The van der Waals surface area contributed by atoms with Gasteiger partial charge >= 0.3 is 0 Å². The summed E-state index contributed by atoms with van der Waals surface area (Å²) >= 11 is 0. The van der Waals surface area contributed by atoms with Crippen molar-refractivity contribution in [2.75, 3.05) is 18.9 Å². The molecule has 38 heavy (non-hydrogen) atoms. The molecule has 5 aromatic rings. The molecule has 6 rings (SSSR count). The van der Waals surface area contributed by atoms with Gasteiger partial charge in [-0.25, -0.2) is 0 Å². The van der Waals surface area contributed by atoms with E-state index in [1.807, 2.05) is 55.5 Å². The number of carbonyl (C=O) groups excluding carboxylic acids is 1. The molecule has 3 heterocycles. The van der Waals surface area contributed by atoms with E-state index in [4.69, 9.17) is 4.52 Å². The molecule has 1 N–H and O–H groups in total. The van der Waals surface area contributed by atoms with E-state index in [0.717, 1.165) is 53.0 Å². The molecule has 0 fully saturated rings. The SMILES string of the molecule is Cc1nocc1-c1ccc2c(=O)n(Cc3cccc(C(=O)Nc4ccc5c(c4)CN(C)CC5)c3)ccc2c1. The summed E-state index contributed by atoms with van der Waals surface area (Å²) in [6.07, 6.45) is 4.44. The summed E-state index contributed by atoms with van der Waals surface area (Å²) in [6, 6.07) is 21.2. The third-order valence-corrected chi connectivity index (χ3v) is 7.25. The number of anilines is 1. The summed E-state index contributed by atoms with van der Waals surface area (Å²) in [5.74, 6) is -0.168. The van der Waals surface area contributed by atoms with Crippen LogP contribution in [0.3, 0.4) is 0 Å². The normalized spacial score (nSPS) is 13.4. The summed E-state index contributed by atoms with van der Waals surface area (Å²) in [5.41, 5.74) is 7.42. The second-order valence-electron chi connectivity index (χ2n) is 9.99. The van der Waals surface area contributed by atoms with E-state index >= 15 is 0 Å². The van der Waals surface area contributed by atoms with Gasteiger partial charge in [0, 0.05) is 41.5 Å². The van der Waals surface area contributed by atoms with Crippen LogP contribution in [0.5, 0.6) is 0 Å². The van der Waals surface area contributed by atoms with Crippen molar-refractivity contribution in [3.05, 3.63) is 117 Å². The molecule has 0 bridgehead atoms. The third kappa shape index (κ3) is 4.64. The van der Waals surface area contributed by atoms with Crippen LogP contribution in [0.15, 0.2) is 88.5 Å². The van der Waals surface area contributed by atoms with E-state index in [0.29, 0.717) is 17.5 Å². The van der Waals surface area contributed by atoms with Crippen LogP contribution in [0.1, 0.15) is 32.7 Å². The average Bonchev–Trinajstić information content (AvgIpc) is 3.36. The van der Waals surface area contributed by atoms with Crippen LogP contribution in [0.2, 0.25) is 0 Å². The predicted molar refractivity (Wildman–Crippen MR) is 148 cm³/mol. The van der Waals surface area contributed by atoms with Crippen molar-refractivity contribution in [1.29, 1.82) is 0 Å². The zero-order valence-corrected chi connectivity index (χ0v) is 21.4. The Labute approximate surface area is 220 Å². The van der Waals surface area contributed by atoms with E-state index < -0.39 is 0 Å². The molecule has 2 aromatic heterocycles. The lowest BCUT2D eigenvalue weighted by atomic mass is 9.99. The second-order valence-corrected chi connectivity index (χ2v) is 9.99. The zero-order valence-electron chi connectivity index (χ0n) is 21.4. The molecule has 0 aliphatic carbocycles. The Kier molecular flexibility index (Phi) is 6.13. The molecule has 0 atom stereocenters. The first-order chi connectivity index (χ1) is 18.4. The number of nitrogens with zero attached hydrogens (tertiary/aromatic N) is 3. The fraction of sp³-hybridized carbons (Fsp3) is 0.194. The number of fused-ring (bicyclic) bond motifs is 2. The number of hydrogen-bond acceptors (Lipinski definition) is 5. The van der Waals surface area contributed by atoms with Gasteiger partial charge in [-0.3, -0.25) is 9.59 Å². The minimum Gasteiger partial charge on any atom is -0.364 e. The number of rotatable bonds is 5. The molecule has 0 saturated heterocycles. The molecule has 7 nitrogen and oxygen atoms in total. The largest absolute Gasteiger partial charge is 0.364 e. The number of benzene rings is 3. The first kappa shape index (κ1) is 23.9. The number of carbonyl (C=O) groups is 1. The van der Waals surface area contributed by atoms with E-state index in [1.54, 1.807) is 23.1 Å². The Morgan fingerprint density at radius 1 is 1.05 bits per heavy atom. The molecule has 190 valence electrons. The highest BCUT2D eigenvalue weighted by atomic mass is 16.5. The van der Waals surface area contributed by atoms with Gasteiger partial charge in [0.25, 0.3) is 11.5 Å². The number of hydrogen-bond donors (Lipinski definition) is 1.